The minimum atomic E-state index is -0.567. The summed E-state index contributed by atoms with van der Waals surface area (Å²) < 4.78 is 5.11. The molecule has 5 nitrogen and oxygen atoms in total. The molecule has 1 heterocycles. The summed E-state index contributed by atoms with van der Waals surface area (Å²) in [5.74, 6) is -0.0433. The number of nitrogens with one attached hydrogen (secondary N) is 1. The maximum absolute atomic E-state index is 12.4. The zero-order valence-corrected chi connectivity index (χ0v) is 15.0. The summed E-state index contributed by atoms with van der Waals surface area (Å²) >= 11 is 1.33. The number of carbonyl (C=O) groups excluding carboxylic acids is 2. The number of thiophene rings is 1. The van der Waals surface area contributed by atoms with E-state index in [1.165, 1.54) is 11.3 Å². The molecule has 3 N–H and O–H groups in total. The third-order valence-electron chi connectivity index (χ3n) is 3.83. The number of rotatable bonds is 6. The standard InChI is InChI=1S/C20H18N2O3S/c1-25-15-9-7-13(8-10-15)11-18(23)22-20-16(19(21)24)12-17(26-20)14-5-3-2-4-6-14/h2-10,12H,11H2,1H3,(H2,21,24)(H,22,23). The molecule has 0 radical (unpaired) electrons. The molecule has 0 atom stereocenters. The molecule has 6 heteroatoms. The summed E-state index contributed by atoms with van der Waals surface area (Å²) in [5, 5.41) is 3.27. The van der Waals surface area contributed by atoms with Crippen molar-refractivity contribution in [3.05, 3.63) is 71.8 Å². The summed E-state index contributed by atoms with van der Waals surface area (Å²) in [6.07, 6.45) is 0.195. The van der Waals surface area contributed by atoms with Crippen LogP contribution in [0.15, 0.2) is 60.7 Å². The first-order valence-corrected chi connectivity index (χ1v) is 8.80. The number of amides is 2. The minimum absolute atomic E-state index is 0.195. The number of primary amides is 1. The van der Waals surface area contributed by atoms with Crippen molar-refractivity contribution in [2.24, 2.45) is 5.73 Å². The van der Waals surface area contributed by atoms with Crippen LogP contribution in [0.1, 0.15) is 15.9 Å². The third-order valence-corrected chi connectivity index (χ3v) is 4.93. The maximum atomic E-state index is 12.4. The second-order valence-electron chi connectivity index (χ2n) is 5.66. The molecule has 0 fully saturated rings. The smallest absolute Gasteiger partial charge is 0.251 e. The highest BCUT2D eigenvalue weighted by atomic mass is 32.1. The highest BCUT2D eigenvalue weighted by Gasteiger charge is 2.17. The molecule has 3 rings (SSSR count). The zero-order chi connectivity index (χ0) is 18.5. The Kier molecular flexibility index (Phi) is 5.34. The molecule has 3 aromatic rings. The van der Waals surface area contributed by atoms with Gasteiger partial charge in [0.2, 0.25) is 5.91 Å². The second kappa shape index (κ2) is 7.84. The highest BCUT2D eigenvalue weighted by Crippen LogP contribution is 2.35. The van der Waals surface area contributed by atoms with Gasteiger partial charge in [0.15, 0.2) is 0 Å². The van der Waals surface area contributed by atoms with Crippen LogP contribution in [0.3, 0.4) is 0 Å². The monoisotopic (exact) mass is 366 g/mol. The fourth-order valence-corrected chi connectivity index (χ4v) is 3.60. The SMILES string of the molecule is COc1ccc(CC(=O)Nc2sc(-c3ccccc3)cc2C(N)=O)cc1. The summed E-state index contributed by atoms with van der Waals surface area (Å²) in [7, 11) is 1.59. The Morgan fingerprint density at radius 2 is 1.77 bits per heavy atom. The van der Waals surface area contributed by atoms with Crippen molar-refractivity contribution in [3.63, 3.8) is 0 Å². The van der Waals surface area contributed by atoms with E-state index in [0.717, 1.165) is 21.8 Å². The molecule has 0 saturated heterocycles. The van der Waals surface area contributed by atoms with Crippen molar-refractivity contribution < 1.29 is 14.3 Å². The van der Waals surface area contributed by atoms with E-state index >= 15 is 0 Å². The number of ether oxygens (including phenoxy) is 1. The van der Waals surface area contributed by atoms with Gasteiger partial charge < -0.3 is 15.8 Å². The van der Waals surface area contributed by atoms with Crippen LogP contribution in [-0.2, 0) is 11.2 Å². The molecule has 0 aliphatic heterocycles. The van der Waals surface area contributed by atoms with Crippen LogP contribution in [0.5, 0.6) is 5.75 Å². The Morgan fingerprint density at radius 3 is 2.38 bits per heavy atom. The lowest BCUT2D eigenvalue weighted by Crippen LogP contribution is -2.17. The van der Waals surface area contributed by atoms with E-state index in [0.29, 0.717) is 10.6 Å². The normalized spacial score (nSPS) is 10.3. The fourth-order valence-electron chi connectivity index (χ4n) is 2.51. The minimum Gasteiger partial charge on any atom is -0.497 e. The fraction of sp³-hybridized carbons (Fsp3) is 0.100. The van der Waals surface area contributed by atoms with E-state index in [2.05, 4.69) is 5.32 Å². The average molecular weight is 366 g/mol. The second-order valence-corrected chi connectivity index (χ2v) is 6.71. The van der Waals surface area contributed by atoms with Gasteiger partial charge in [-0.2, -0.15) is 0 Å². The van der Waals surface area contributed by atoms with Gasteiger partial charge in [0, 0.05) is 4.88 Å². The first-order chi connectivity index (χ1) is 12.6. The van der Waals surface area contributed by atoms with E-state index in [1.54, 1.807) is 25.3 Å². The molecule has 0 bridgehead atoms. The lowest BCUT2D eigenvalue weighted by molar-refractivity contribution is -0.115. The van der Waals surface area contributed by atoms with E-state index < -0.39 is 5.91 Å². The van der Waals surface area contributed by atoms with Crippen LogP contribution < -0.4 is 15.8 Å². The van der Waals surface area contributed by atoms with Crippen LogP contribution in [-0.4, -0.2) is 18.9 Å². The largest absolute Gasteiger partial charge is 0.497 e. The van der Waals surface area contributed by atoms with Gasteiger partial charge in [-0.15, -0.1) is 11.3 Å². The Bertz CT molecular complexity index is 918. The Hall–Kier alpha value is -3.12. The number of hydrogen-bond acceptors (Lipinski definition) is 4. The first kappa shape index (κ1) is 17.7. The first-order valence-electron chi connectivity index (χ1n) is 7.98. The van der Waals surface area contributed by atoms with Gasteiger partial charge in [0.05, 0.1) is 19.1 Å². The Morgan fingerprint density at radius 1 is 1.08 bits per heavy atom. The Labute approximate surface area is 155 Å². The number of carbonyl (C=O) groups is 2. The highest BCUT2D eigenvalue weighted by molar-refractivity contribution is 7.20. The van der Waals surface area contributed by atoms with Crippen LogP contribution in [0, 0.1) is 0 Å². The predicted molar refractivity (Wildman–Crippen MR) is 104 cm³/mol. The molecular formula is C20H18N2O3S. The van der Waals surface area contributed by atoms with Crippen LogP contribution >= 0.6 is 11.3 Å². The van der Waals surface area contributed by atoms with Crippen LogP contribution in [0.25, 0.3) is 10.4 Å². The molecule has 0 unspecified atom stereocenters. The summed E-state index contributed by atoms with van der Waals surface area (Å²) in [6.45, 7) is 0. The van der Waals surface area contributed by atoms with E-state index in [1.807, 2.05) is 42.5 Å². The van der Waals surface area contributed by atoms with Crippen molar-refractivity contribution in [1.29, 1.82) is 0 Å². The van der Waals surface area contributed by atoms with Gasteiger partial charge in [0.1, 0.15) is 10.8 Å². The van der Waals surface area contributed by atoms with Crippen molar-refractivity contribution >= 4 is 28.2 Å². The van der Waals surface area contributed by atoms with Gasteiger partial charge in [0.25, 0.3) is 5.91 Å². The van der Waals surface area contributed by atoms with Crippen LogP contribution in [0.2, 0.25) is 0 Å². The summed E-state index contributed by atoms with van der Waals surface area (Å²) in [6, 6.07) is 18.6. The van der Waals surface area contributed by atoms with E-state index in [4.69, 9.17) is 10.5 Å². The van der Waals surface area contributed by atoms with Crippen LogP contribution in [0.4, 0.5) is 5.00 Å². The molecule has 0 spiro atoms. The lowest BCUT2D eigenvalue weighted by Gasteiger charge is -2.05. The topological polar surface area (TPSA) is 81.4 Å². The molecule has 0 saturated carbocycles. The molecule has 26 heavy (non-hydrogen) atoms. The molecular weight excluding hydrogens is 348 g/mol. The van der Waals surface area contributed by atoms with Gasteiger partial charge in [-0.25, -0.2) is 0 Å². The van der Waals surface area contributed by atoms with Gasteiger partial charge in [-0.3, -0.25) is 9.59 Å². The van der Waals surface area contributed by atoms with E-state index in [-0.39, 0.29) is 12.3 Å². The number of nitrogens with two attached hydrogens (primary N) is 1. The summed E-state index contributed by atoms with van der Waals surface area (Å²) in [4.78, 5) is 25.0. The molecule has 1 aromatic heterocycles. The molecule has 132 valence electrons. The van der Waals surface area contributed by atoms with Gasteiger partial charge in [-0.05, 0) is 29.3 Å². The summed E-state index contributed by atoms with van der Waals surface area (Å²) in [5.41, 5.74) is 7.60. The number of methoxy groups -OCH3 is 1. The number of hydrogen-bond donors (Lipinski definition) is 2. The van der Waals surface area contributed by atoms with E-state index in [9.17, 15) is 9.59 Å². The number of benzene rings is 2. The number of anilines is 1. The molecule has 0 aliphatic carbocycles. The molecule has 2 aromatic carbocycles. The van der Waals surface area contributed by atoms with Crippen molar-refractivity contribution in [2.45, 2.75) is 6.42 Å². The average Bonchev–Trinajstić information content (AvgIpc) is 3.07. The predicted octanol–water partition coefficient (Wildman–Crippen LogP) is 3.70. The van der Waals surface area contributed by atoms with Gasteiger partial charge in [-0.1, -0.05) is 42.5 Å². The molecule has 0 aliphatic rings. The Balaban J connectivity index is 1.78. The zero-order valence-electron chi connectivity index (χ0n) is 14.2. The van der Waals surface area contributed by atoms with Crippen molar-refractivity contribution in [1.82, 2.24) is 0 Å². The third kappa shape index (κ3) is 4.10. The van der Waals surface area contributed by atoms with Gasteiger partial charge >= 0.3 is 0 Å². The quantitative estimate of drug-likeness (QED) is 0.698. The lowest BCUT2D eigenvalue weighted by atomic mass is 10.1. The maximum Gasteiger partial charge on any atom is 0.251 e. The molecule has 2 amide bonds. The van der Waals surface area contributed by atoms with Crippen molar-refractivity contribution in [2.75, 3.05) is 12.4 Å². The van der Waals surface area contributed by atoms with Crippen molar-refractivity contribution in [3.8, 4) is 16.2 Å².